The van der Waals surface area contributed by atoms with Gasteiger partial charge in [0.05, 0.1) is 11.3 Å². The van der Waals surface area contributed by atoms with Crippen LogP contribution in [0, 0.1) is 5.82 Å². The van der Waals surface area contributed by atoms with Crippen LogP contribution >= 0.6 is 0 Å². The fourth-order valence-electron chi connectivity index (χ4n) is 2.02. The van der Waals surface area contributed by atoms with Gasteiger partial charge in [0, 0.05) is 26.1 Å². The minimum Gasteiger partial charge on any atom is -0.389 e. The zero-order valence-electron chi connectivity index (χ0n) is 10.5. The van der Waals surface area contributed by atoms with Crippen molar-refractivity contribution in [2.45, 2.75) is 25.4 Å². The Morgan fingerprint density at radius 1 is 1.39 bits per heavy atom. The van der Waals surface area contributed by atoms with Gasteiger partial charge in [-0.15, -0.1) is 5.10 Å². The van der Waals surface area contributed by atoms with E-state index in [0.29, 0.717) is 12.8 Å². The molecule has 0 saturated carbocycles. The Morgan fingerprint density at radius 3 is 2.78 bits per heavy atom. The van der Waals surface area contributed by atoms with Crippen molar-refractivity contribution >= 4 is 0 Å². The van der Waals surface area contributed by atoms with Crippen LogP contribution in [0.3, 0.4) is 0 Å². The number of halogens is 1. The number of hydrogen-bond donors (Lipinski definition) is 1. The first kappa shape index (κ1) is 12.7. The van der Waals surface area contributed by atoms with E-state index in [0.717, 1.165) is 11.3 Å². The highest BCUT2D eigenvalue weighted by atomic mass is 19.1. The molecular weight excluding hydrogens is 233 g/mol. The Bertz CT molecular complexity index is 537. The number of nitrogens with zero attached hydrogens (tertiary/aromatic N) is 3. The molecule has 0 amide bonds. The van der Waals surface area contributed by atoms with Crippen LogP contribution in [0.15, 0.2) is 30.5 Å². The van der Waals surface area contributed by atoms with Crippen LogP contribution < -0.4 is 0 Å². The zero-order valence-corrected chi connectivity index (χ0v) is 10.5. The molecule has 1 heterocycles. The Hall–Kier alpha value is -1.75. The average Bonchev–Trinajstić information content (AvgIpc) is 2.62. The molecule has 0 bridgehead atoms. The number of aromatic nitrogens is 3. The molecule has 1 aromatic carbocycles. The molecule has 0 radical (unpaired) electrons. The summed E-state index contributed by atoms with van der Waals surface area (Å²) in [7, 11) is 1.78. The van der Waals surface area contributed by atoms with E-state index in [-0.39, 0.29) is 5.82 Å². The quantitative estimate of drug-likeness (QED) is 0.893. The first-order valence-corrected chi connectivity index (χ1v) is 5.77. The summed E-state index contributed by atoms with van der Waals surface area (Å²) in [4.78, 5) is 0. The van der Waals surface area contributed by atoms with E-state index >= 15 is 0 Å². The van der Waals surface area contributed by atoms with Crippen molar-refractivity contribution < 1.29 is 9.50 Å². The highest BCUT2D eigenvalue weighted by molar-refractivity contribution is 5.19. The predicted octanol–water partition coefficient (Wildman–Crippen LogP) is 1.49. The number of hydrogen-bond acceptors (Lipinski definition) is 3. The summed E-state index contributed by atoms with van der Waals surface area (Å²) in [5, 5.41) is 18.1. The molecule has 0 fully saturated rings. The van der Waals surface area contributed by atoms with Crippen molar-refractivity contribution in [1.82, 2.24) is 15.0 Å². The van der Waals surface area contributed by atoms with Gasteiger partial charge in [0.1, 0.15) is 5.82 Å². The fraction of sp³-hybridized carbons (Fsp3) is 0.385. The molecule has 4 nitrogen and oxygen atoms in total. The molecule has 18 heavy (non-hydrogen) atoms. The predicted molar refractivity (Wildman–Crippen MR) is 65.4 cm³/mol. The molecule has 96 valence electrons. The Kier molecular flexibility index (Phi) is 3.43. The monoisotopic (exact) mass is 249 g/mol. The highest BCUT2D eigenvalue weighted by Crippen LogP contribution is 2.18. The Balaban J connectivity index is 2.07. The van der Waals surface area contributed by atoms with Crippen LogP contribution in [0.25, 0.3) is 0 Å². The van der Waals surface area contributed by atoms with Crippen molar-refractivity contribution in [2.75, 3.05) is 0 Å². The highest BCUT2D eigenvalue weighted by Gasteiger charge is 2.23. The van der Waals surface area contributed by atoms with Crippen LogP contribution in [-0.2, 0) is 19.9 Å². The van der Waals surface area contributed by atoms with Crippen molar-refractivity contribution in [3.8, 4) is 0 Å². The third kappa shape index (κ3) is 3.37. The van der Waals surface area contributed by atoms with E-state index < -0.39 is 5.60 Å². The molecular formula is C13H16FN3O. The van der Waals surface area contributed by atoms with Gasteiger partial charge in [-0.05, 0) is 24.6 Å². The molecule has 0 spiro atoms. The van der Waals surface area contributed by atoms with E-state index in [1.807, 2.05) is 0 Å². The molecule has 1 unspecified atom stereocenters. The topological polar surface area (TPSA) is 50.9 Å². The second-order valence-electron chi connectivity index (χ2n) is 4.86. The molecule has 0 saturated heterocycles. The van der Waals surface area contributed by atoms with Crippen molar-refractivity contribution in [2.24, 2.45) is 7.05 Å². The SMILES string of the molecule is Cn1cc(CC(C)(O)Cc2cccc(F)c2)nn1. The third-order valence-electron chi connectivity index (χ3n) is 2.69. The maximum absolute atomic E-state index is 13.1. The van der Waals surface area contributed by atoms with Crippen LogP contribution in [0.4, 0.5) is 4.39 Å². The van der Waals surface area contributed by atoms with Crippen molar-refractivity contribution in [1.29, 1.82) is 0 Å². The summed E-state index contributed by atoms with van der Waals surface area (Å²) in [5.41, 5.74) is 0.520. The maximum Gasteiger partial charge on any atom is 0.123 e. The van der Waals surface area contributed by atoms with E-state index in [1.165, 1.54) is 12.1 Å². The first-order valence-electron chi connectivity index (χ1n) is 5.77. The van der Waals surface area contributed by atoms with Crippen LogP contribution in [0.2, 0.25) is 0 Å². The summed E-state index contributed by atoms with van der Waals surface area (Å²) in [6.07, 6.45) is 2.53. The molecule has 2 aromatic rings. The van der Waals surface area contributed by atoms with E-state index in [4.69, 9.17) is 0 Å². The van der Waals surface area contributed by atoms with Gasteiger partial charge in [0.15, 0.2) is 0 Å². The number of rotatable bonds is 4. The lowest BCUT2D eigenvalue weighted by Gasteiger charge is -2.22. The average molecular weight is 249 g/mol. The molecule has 1 N–H and O–H groups in total. The molecule has 0 aliphatic carbocycles. The summed E-state index contributed by atoms with van der Waals surface area (Å²) < 4.78 is 14.7. The zero-order chi connectivity index (χ0) is 13.2. The molecule has 1 atom stereocenters. The molecule has 0 aliphatic heterocycles. The van der Waals surface area contributed by atoms with Crippen LogP contribution in [0.5, 0.6) is 0 Å². The van der Waals surface area contributed by atoms with Crippen LogP contribution in [0.1, 0.15) is 18.2 Å². The largest absolute Gasteiger partial charge is 0.389 e. The normalized spacial score (nSPS) is 14.4. The minimum absolute atomic E-state index is 0.289. The van der Waals surface area contributed by atoms with E-state index in [2.05, 4.69) is 10.3 Å². The summed E-state index contributed by atoms with van der Waals surface area (Å²) >= 11 is 0. The van der Waals surface area contributed by atoms with Gasteiger partial charge in [-0.3, -0.25) is 4.68 Å². The van der Waals surface area contributed by atoms with Gasteiger partial charge in [-0.1, -0.05) is 17.3 Å². The summed E-state index contributed by atoms with van der Waals surface area (Å²) in [6.45, 7) is 1.71. The van der Waals surface area contributed by atoms with Gasteiger partial charge in [-0.25, -0.2) is 4.39 Å². The second-order valence-corrected chi connectivity index (χ2v) is 4.86. The Morgan fingerprint density at radius 2 is 2.17 bits per heavy atom. The summed E-state index contributed by atoms with van der Waals surface area (Å²) in [5.74, 6) is -0.289. The van der Waals surface area contributed by atoms with Gasteiger partial charge in [0.2, 0.25) is 0 Å². The third-order valence-corrected chi connectivity index (χ3v) is 2.69. The number of aliphatic hydroxyl groups is 1. The number of benzene rings is 1. The number of aryl methyl sites for hydroxylation is 1. The van der Waals surface area contributed by atoms with E-state index in [9.17, 15) is 9.50 Å². The summed E-state index contributed by atoms with van der Waals surface area (Å²) in [6, 6.07) is 6.27. The van der Waals surface area contributed by atoms with Gasteiger partial charge in [-0.2, -0.15) is 0 Å². The lowest BCUT2D eigenvalue weighted by atomic mass is 9.92. The standard InChI is InChI=1S/C13H16FN3O/c1-13(18,8-12-9-17(2)16-15-12)7-10-4-3-5-11(14)6-10/h3-6,9,18H,7-8H2,1-2H3. The smallest absolute Gasteiger partial charge is 0.123 e. The van der Waals surface area contributed by atoms with Crippen LogP contribution in [-0.4, -0.2) is 25.7 Å². The lowest BCUT2D eigenvalue weighted by molar-refractivity contribution is 0.0597. The lowest BCUT2D eigenvalue weighted by Crippen LogP contribution is -2.30. The van der Waals surface area contributed by atoms with Crippen molar-refractivity contribution in [3.05, 3.63) is 47.5 Å². The molecule has 5 heteroatoms. The Labute approximate surface area is 105 Å². The first-order chi connectivity index (χ1) is 8.44. The molecule has 1 aromatic heterocycles. The van der Waals surface area contributed by atoms with Gasteiger partial charge >= 0.3 is 0 Å². The van der Waals surface area contributed by atoms with Gasteiger partial charge < -0.3 is 5.11 Å². The minimum atomic E-state index is -0.968. The second kappa shape index (κ2) is 4.86. The van der Waals surface area contributed by atoms with Gasteiger partial charge in [0.25, 0.3) is 0 Å². The van der Waals surface area contributed by atoms with Crippen molar-refractivity contribution in [3.63, 3.8) is 0 Å². The fourth-order valence-corrected chi connectivity index (χ4v) is 2.02. The molecule has 0 aliphatic rings. The maximum atomic E-state index is 13.1. The van der Waals surface area contributed by atoms with E-state index in [1.54, 1.807) is 37.0 Å². The molecule has 2 rings (SSSR count).